The number of phenols is 1. The number of phenolic OH excluding ortho intramolecular Hbond substituents is 1. The van der Waals surface area contributed by atoms with E-state index in [0.29, 0.717) is 19.4 Å². The zero-order valence-corrected chi connectivity index (χ0v) is 21.0. The Morgan fingerprint density at radius 3 is 1.87 bits per heavy atom. The zero-order chi connectivity index (χ0) is 28.7. The number of carbonyl (C=O) groups is 3. The van der Waals surface area contributed by atoms with Gasteiger partial charge >= 0.3 is 17.9 Å². The van der Waals surface area contributed by atoms with Gasteiger partial charge in [0.1, 0.15) is 23.9 Å². The third kappa shape index (κ3) is 11.8. The Morgan fingerprint density at radius 2 is 1.32 bits per heavy atom. The molecule has 0 radical (unpaired) electrons. The van der Waals surface area contributed by atoms with Crippen LogP contribution in [0.15, 0.2) is 54.7 Å². The number of carboxylic acids is 3. The number of aromatic nitrogens is 1. The van der Waals surface area contributed by atoms with Crippen LogP contribution in [0.1, 0.15) is 30.4 Å². The van der Waals surface area contributed by atoms with Gasteiger partial charge in [-0.15, -0.1) is 0 Å². The average molecular weight is 532 g/mol. The number of unbranched alkanes of at least 4 members (excludes halogenated alkanes) is 1. The van der Waals surface area contributed by atoms with Gasteiger partial charge in [-0.05, 0) is 55.1 Å². The summed E-state index contributed by atoms with van der Waals surface area (Å²) in [4.78, 5) is 34.2. The van der Waals surface area contributed by atoms with E-state index >= 15 is 0 Å². The predicted octanol–water partition coefficient (Wildman–Crippen LogP) is 0.996. The Bertz CT molecular complexity index is 1150. The lowest BCUT2D eigenvalue weighted by molar-refractivity contribution is -0.139. The lowest BCUT2D eigenvalue weighted by Gasteiger charge is -2.05. The lowest BCUT2D eigenvalue weighted by Crippen LogP contribution is -2.32. The van der Waals surface area contributed by atoms with Gasteiger partial charge in [0.15, 0.2) is 0 Å². The number of carboxylic acid groups (broad SMARTS) is 3. The Balaban J connectivity index is 0.000000292. The van der Waals surface area contributed by atoms with Crippen molar-refractivity contribution in [2.24, 2.45) is 22.9 Å². The summed E-state index contributed by atoms with van der Waals surface area (Å²) in [7, 11) is 0. The van der Waals surface area contributed by atoms with E-state index in [1.807, 2.05) is 30.5 Å². The molecule has 3 atom stereocenters. The smallest absolute Gasteiger partial charge is 0.320 e. The summed E-state index contributed by atoms with van der Waals surface area (Å²) < 4.78 is 0. The van der Waals surface area contributed by atoms with Crippen molar-refractivity contribution in [2.75, 3.05) is 6.54 Å². The second-order valence-corrected chi connectivity index (χ2v) is 8.55. The highest BCUT2D eigenvalue weighted by molar-refractivity contribution is 5.84. The third-order valence-electron chi connectivity index (χ3n) is 5.43. The molecule has 208 valence electrons. The van der Waals surface area contributed by atoms with Gasteiger partial charge in [-0.3, -0.25) is 14.4 Å². The number of rotatable bonds is 11. The summed E-state index contributed by atoms with van der Waals surface area (Å²) in [6.07, 6.45) is 4.60. The number of para-hydroxylation sites is 1. The largest absolute Gasteiger partial charge is 0.508 e. The van der Waals surface area contributed by atoms with Crippen LogP contribution in [0.5, 0.6) is 5.75 Å². The topological polar surface area (TPSA) is 252 Å². The van der Waals surface area contributed by atoms with E-state index in [4.69, 9.17) is 43.4 Å². The summed E-state index contributed by atoms with van der Waals surface area (Å²) in [6, 6.07) is 11.6. The summed E-state index contributed by atoms with van der Waals surface area (Å²) in [6.45, 7) is 0.604. The number of aliphatic carboxylic acids is 3. The summed E-state index contributed by atoms with van der Waals surface area (Å²) in [5.74, 6) is -2.77. The Labute approximate surface area is 220 Å². The van der Waals surface area contributed by atoms with Crippen molar-refractivity contribution in [2.45, 2.75) is 50.2 Å². The normalized spacial score (nSPS) is 12.7. The van der Waals surface area contributed by atoms with Crippen molar-refractivity contribution in [3.05, 3.63) is 65.9 Å². The van der Waals surface area contributed by atoms with E-state index in [1.54, 1.807) is 12.1 Å². The molecular weight excluding hydrogens is 494 g/mol. The fourth-order valence-electron chi connectivity index (χ4n) is 3.23. The number of nitrogens with one attached hydrogen (secondary N) is 1. The SMILES string of the molecule is NC(Cc1c[nH]c2ccccc12)C(=O)O.NC(Cc1ccc(O)cc1)C(=O)O.NCCCCC(N)C(=O)O. The lowest BCUT2D eigenvalue weighted by atomic mass is 10.1. The maximum absolute atomic E-state index is 10.6. The van der Waals surface area contributed by atoms with Gasteiger partial charge in [-0.25, -0.2) is 0 Å². The molecule has 38 heavy (non-hydrogen) atoms. The van der Waals surface area contributed by atoms with Crippen molar-refractivity contribution in [3.8, 4) is 5.75 Å². The van der Waals surface area contributed by atoms with Crippen LogP contribution in [-0.2, 0) is 27.2 Å². The second-order valence-electron chi connectivity index (χ2n) is 8.55. The van der Waals surface area contributed by atoms with Gasteiger partial charge in [0.25, 0.3) is 0 Å². The first-order valence-corrected chi connectivity index (χ1v) is 11.9. The van der Waals surface area contributed by atoms with Crippen molar-refractivity contribution < 1.29 is 34.8 Å². The first kappa shape index (κ1) is 32.1. The molecule has 0 aliphatic rings. The predicted molar refractivity (Wildman–Crippen MR) is 144 cm³/mol. The molecule has 2 aromatic carbocycles. The van der Waals surface area contributed by atoms with Gasteiger partial charge < -0.3 is 48.3 Å². The van der Waals surface area contributed by atoms with E-state index in [1.165, 1.54) is 12.1 Å². The Morgan fingerprint density at radius 1 is 0.763 bits per heavy atom. The van der Waals surface area contributed by atoms with Crippen molar-refractivity contribution in [1.29, 1.82) is 0 Å². The molecule has 0 saturated heterocycles. The quantitative estimate of drug-likeness (QED) is 0.158. The maximum atomic E-state index is 10.6. The molecule has 12 heteroatoms. The molecule has 0 spiro atoms. The summed E-state index contributed by atoms with van der Waals surface area (Å²) in [5, 5.41) is 35.6. The van der Waals surface area contributed by atoms with Gasteiger partial charge in [0.05, 0.1) is 0 Å². The second kappa shape index (κ2) is 16.7. The standard InChI is InChI=1S/C11H12N2O2.C9H11NO3.C6H14N2O2/c12-9(11(14)15)5-7-6-13-10-4-2-1-3-8(7)10;10-8(9(12)13)5-6-1-3-7(11)4-2-6;7-4-2-1-3-5(8)6(9)10/h1-4,6,9,13H,5,12H2,(H,14,15);1-4,8,11H,5,10H2,(H,12,13);5H,1-4,7-8H2,(H,9,10). The van der Waals surface area contributed by atoms with E-state index in [0.717, 1.165) is 34.9 Å². The molecule has 3 rings (SSSR count). The highest BCUT2D eigenvalue weighted by Gasteiger charge is 2.14. The van der Waals surface area contributed by atoms with Crippen LogP contribution < -0.4 is 22.9 Å². The van der Waals surface area contributed by atoms with Crippen LogP contribution in [0.3, 0.4) is 0 Å². The first-order valence-electron chi connectivity index (χ1n) is 11.9. The summed E-state index contributed by atoms with van der Waals surface area (Å²) >= 11 is 0. The van der Waals surface area contributed by atoms with Crippen LogP contribution in [0, 0.1) is 0 Å². The number of aromatic hydroxyl groups is 1. The number of nitrogens with two attached hydrogens (primary N) is 4. The van der Waals surface area contributed by atoms with Gasteiger partial charge in [0, 0.05) is 23.5 Å². The number of fused-ring (bicyclic) bond motifs is 1. The van der Waals surface area contributed by atoms with E-state index in [2.05, 4.69) is 4.98 Å². The van der Waals surface area contributed by atoms with Gasteiger partial charge in [-0.1, -0.05) is 36.8 Å². The van der Waals surface area contributed by atoms with Crippen molar-refractivity contribution >= 4 is 28.8 Å². The molecule has 3 unspecified atom stereocenters. The van der Waals surface area contributed by atoms with Crippen LogP contribution in [-0.4, -0.2) is 68.0 Å². The highest BCUT2D eigenvalue weighted by atomic mass is 16.4. The number of benzene rings is 2. The van der Waals surface area contributed by atoms with E-state index < -0.39 is 36.0 Å². The zero-order valence-electron chi connectivity index (χ0n) is 21.0. The molecule has 1 heterocycles. The third-order valence-corrected chi connectivity index (χ3v) is 5.43. The average Bonchev–Trinajstić information content (AvgIpc) is 3.28. The number of hydrogen-bond donors (Lipinski definition) is 9. The van der Waals surface area contributed by atoms with Gasteiger partial charge in [-0.2, -0.15) is 0 Å². The minimum atomic E-state index is -1.02. The Hall–Kier alpha value is -3.97. The van der Waals surface area contributed by atoms with E-state index in [-0.39, 0.29) is 12.2 Å². The van der Waals surface area contributed by atoms with Crippen molar-refractivity contribution in [1.82, 2.24) is 4.98 Å². The minimum absolute atomic E-state index is 0.160. The van der Waals surface area contributed by atoms with Crippen LogP contribution >= 0.6 is 0 Å². The molecule has 3 aromatic rings. The molecule has 0 aliphatic carbocycles. The molecule has 0 amide bonds. The molecule has 0 fully saturated rings. The molecule has 0 bridgehead atoms. The van der Waals surface area contributed by atoms with E-state index in [9.17, 15) is 14.4 Å². The first-order chi connectivity index (χ1) is 18.0. The van der Waals surface area contributed by atoms with Crippen LogP contribution in [0.25, 0.3) is 10.9 Å². The Kier molecular flexibility index (Phi) is 14.1. The molecule has 0 aliphatic heterocycles. The molecule has 0 saturated carbocycles. The van der Waals surface area contributed by atoms with Crippen LogP contribution in [0.4, 0.5) is 0 Å². The fourth-order valence-corrected chi connectivity index (χ4v) is 3.23. The number of hydrogen-bond acceptors (Lipinski definition) is 8. The highest BCUT2D eigenvalue weighted by Crippen LogP contribution is 2.18. The summed E-state index contributed by atoms with van der Waals surface area (Å²) in [5.41, 5.74) is 24.0. The fraction of sp³-hybridized carbons (Fsp3) is 0.346. The minimum Gasteiger partial charge on any atom is -0.508 e. The monoisotopic (exact) mass is 531 g/mol. The molecule has 13 N–H and O–H groups in total. The van der Waals surface area contributed by atoms with Gasteiger partial charge in [0.2, 0.25) is 0 Å². The number of aromatic amines is 1. The molecule has 12 nitrogen and oxygen atoms in total. The number of H-pyrrole nitrogens is 1. The van der Waals surface area contributed by atoms with Crippen LogP contribution in [0.2, 0.25) is 0 Å². The molecular formula is C26H37N5O7. The van der Waals surface area contributed by atoms with Crippen molar-refractivity contribution in [3.63, 3.8) is 0 Å². The molecule has 1 aromatic heterocycles. The maximum Gasteiger partial charge on any atom is 0.320 e.